The summed E-state index contributed by atoms with van der Waals surface area (Å²) in [6, 6.07) is 62.9. The summed E-state index contributed by atoms with van der Waals surface area (Å²) in [6.45, 7) is 5.30. The quantitative estimate of drug-likeness (QED) is 0.167. The molecule has 0 saturated carbocycles. The molecule has 0 spiro atoms. The molecule has 2 nitrogen and oxygen atoms in total. The van der Waals surface area contributed by atoms with Gasteiger partial charge in [-0.25, -0.2) is 0 Å². The fourth-order valence-electron chi connectivity index (χ4n) is 8.25. The number of benzene rings is 8. The second kappa shape index (κ2) is 13.2. The summed E-state index contributed by atoms with van der Waals surface area (Å²) in [5, 5.41) is 4.93. The number of aliphatic imine (C=N–C) groups is 1. The Morgan fingerprint density at radius 1 is 0.547 bits per heavy atom. The molecular weight excluding hydrogens is 641 g/mol. The molecule has 0 saturated heterocycles. The number of nitrogens with zero attached hydrogens (tertiary/aromatic N) is 1. The first-order chi connectivity index (χ1) is 26.0. The number of allylic oxidation sites excluding steroid dienone is 1. The molecule has 0 unspecified atom stereocenters. The maximum atomic E-state index is 6.93. The molecular formula is C51H40N2. The molecule has 0 amide bonds. The maximum absolute atomic E-state index is 6.93. The molecule has 0 radical (unpaired) electrons. The largest absolute Gasteiger partial charge is 0.398 e. The van der Waals surface area contributed by atoms with Crippen molar-refractivity contribution >= 4 is 33.0 Å². The van der Waals surface area contributed by atoms with Crippen molar-refractivity contribution in [2.45, 2.75) is 25.8 Å². The van der Waals surface area contributed by atoms with Crippen molar-refractivity contribution in [1.29, 1.82) is 0 Å². The third kappa shape index (κ3) is 5.83. The fourth-order valence-corrected chi connectivity index (χ4v) is 8.25. The zero-order valence-electron chi connectivity index (χ0n) is 30.1. The number of hydrogen-bond donors (Lipinski definition) is 1. The molecule has 0 aliphatic heterocycles. The average Bonchev–Trinajstić information content (AvgIpc) is 3.45. The zero-order chi connectivity index (χ0) is 35.9. The van der Waals surface area contributed by atoms with Crippen molar-refractivity contribution in [2.75, 3.05) is 0 Å². The van der Waals surface area contributed by atoms with Gasteiger partial charge in [-0.05, 0) is 89.3 Å². The van der Waals surface area contributed by atoms with Crippen LogP contribution in [0.3, 0.4) is 0 Å². The van der Waals surface area contributed by atoms with Gasteiger partial charge in [0.05, 0.1) is 12.3 Å². The lowest BCUT2D eigenvalue weighted by molar-refractivity contribution is 0.666. The summed E-state index contributed by atoms with van der Waals surface area (Å²) in [7, 11) is 0. The molecule has 0 atom stereocenters. The third-order valence-electron chi connectivity index (χ3n) is 10.9. The van der Waals surface area contributed by atoms with E-state index in [0.717, 1.165) is 27.8 Å². The number of fused-ring (bicyclic) bond motifs is 6. The average molecular weight is 681 g/mol. The lowest BCUT2D eigenvalue weighted by Gasteiger charge is -2.23. The van der Waals surface area contributed by atoms with Crippen LogP contribution in [-0.2, 0) is 12.0 Å². The highest BCUT2D eigenvalue weighted by atomic mass is 14.7. The van der Waals surface area contributed by atoms with Crippen LogP contribution in [0.2, 0.25) is 0 Å². The van der Waals surface area contributed by atoms with E-state index in [1.54, 1.807) is 0 Å². The Labute approximate surface area is 311 Å². The third-order valence-corrected chi connectivity index (χ3v) is 10.9. The summed E-state index contributed by atoms with van der Waals surface area (Å²) < 4.78 is 0. The van der Waals surface area contributed by atoms with E-state index in [1.165, 1.54) is 60.7 Å². The van der Waals surface area contributed by atoms with Crippen LogP contribution in [-0.4, -0.2) is 5.71 Å². The Hall–Kier alpha value is -6.51. The first kappa shape index (κ1) is 32.4. The van der Waals surface area contributed by atoms with Crippen molar-refractivity contribution < 1.29 is 0 Å². The molecule has 0 bridgehead atoms. The molecule has 254 valence electrons. The van der Waals surface area contributed by atoms with Gasteiger partial charge in [0.15, 0.2) is 0 Å². The predicted molar refractivity (Wildman–Crippen MR) is 225 cm³/mol. The molecule has 0 heterocycles. The van der Waals surface area contributed by atoms with E-state index in [0.29, 0.717) is 12.2 Å². The summed E-state index contributed by atoms with van der Waals surface area (Å²) in [4.78, 5) is 5.02. The molecule has 2 N–H and O–H groups in total. The monoisotopic (exact) mass is 680 g/mol. The van der Waals surface area contributed by atoms with Gasteiger partial charge in [-0.3, -0.25) is 4.99 Å². The van der Waals surface area contributed by atoms with Gasteiger partial charge >= 0.3 is 0 Å². The lowest BCUT2D eigenvalue weighted by atomic mass is 9.80. The normalized spacial score (nSPS) is 13.6. The Morgan fingerprint density at radius 3 is 1.94 bits per heavy atom. The molecule has 8 aromatic carbocycles. The summed E-state index contributed by atoms with van der Waals surface area (Å²) in [5.74, 6) is 0. The van der Waals surface area contributed by atoms with Crippen LogP contribution in [0.25, 0.3) is 60.6 Å². The standard InChI is InChI=1S/C51H40N2/c1-51(2)47-30-26-39(31-46(47)45-27-25-36-15-9-10-18-41(36)50(45)51)35-21-23-37(24-22-35)40-28-29-44(43-20-12-11-19-42(40)43)48(52)32-49(38-16-7-4-8-17-38)53-33-34-13-5-3-6-14-34/h3-32H,33,52H2,1-2H3/b48-32-,53-49?. The maximum Gasteiger partial charge on any atom is 0.0671 e. The van der Waals surface area contributed by atoms with Gasteiger partial charge in [-0.1, -0.05) is 184 Å². The van der Waals surface area contributed by atoms with E-state index in [4.69, 9.17) is 10.7 Å². The SMILES string of the molecule is CC1(C)c2ccc(-c3ccc(-c4ccc(/C(N)=C/C(=NCc5ccccc5)c5ccccc5)c5ccccc45)cc3)cc2-c2ccc3ccccc3c21. The van der Waals surface area contributed by atoms with Gasteiger partial charge in [0.2, 0.25) is 0 Å². The number of hydrogen-bond acceptors (Lipinski definition) is 2. The summed E-state index contributed by atoms with van der Waals surface area (Å²) in [5.41, 5.74) is 21.9. The molecule has 8 aromatic rings. The van der Waals surface area contributed by atoms with E-state index in [2.05, 4.69) is 153 Å². The van der Waals surface area contributed by atoms with Gasteiger partial charge < -0.3 is 5.73 Å². The van der Waals surface area contributed by atoms with Crippen LogP contribution in [0.5, 0.6) is 0 Å². The van der Waals surface area contributed by atoms with Crippen molar-refractivity contribution in [2.24, 2.45) is 10.7 Å². The Morgan fingerprint density at radius 2 is 1.17 bits per heavy atom. The highest BCUT2D eigenvalue weighted by molar-refractivity contribution is 6.13. The van der Waals surface area contributed by atoms with E-state index in [9.17, 15) is 0 Å². The Bertz CT molecular complexity index is 2700. The van der Waals surface area contributed by atoms with E-state index in [-0.39, 0.29) is 5.41 Å². The second-order valence-electron chi connectivity index (χ2n) is 14.5. The predicted octanol–water partition coefficient (Wildman–Crippen LogP) is 12.6. The van der Waals surface area contributed by atoms with E-state index >= 15 is 0 Å². The van der Waals surface area contributed by atoms with Crippen molar-refractivity contribution in [3.05, 3.63) is 210 Å². The minimum atomic E-state index is -0.0577. The molecule has 9 rings (SSSR count). The highest BCUT2D eigenvalue weighted by Gasteiger charge is 2.36. The van der Waals surface area contributed by atoms with E-state index in [1.807, 2.05) is 42.5 Å². The smallest absolute Gasteiger partial charge is 0.0671 e. The lowest BCUT2D eigenvalue weighted by Crippen LogP contribution is -2.15. The molecule has 1 aliphatic rings. The van der Waals surface area contributed by atoms with Gasteiger partial charge in [0, 0.05) is 16.7 Å². The topological polar surface area (TPSA) is 38.4 Å². The first-order valence-corrected chi connectivity index (χ1v) is 18.4. The molecule has 0 fully saturated rings. The molecule has 0 aromatic heterocycles. The molecule has 2 heteroatoms. The highest BCUT2D eigenvalue weighted by Crippen LogP contribution is 2.52. The van der Waals surface area contributed by atoms with Gasteiger partial charge in [0.25, 0.3) is 0 Å². The van der Waals surface area contributed by atoms with Crippen LogP contribution in [0.4, 0.5) is 0 Å². The fraction of sp³-hybridized carbons (Fsp3) is 0.0784. The zero-order valence-corrected chi connectivity index (χ0v) is 30.1. The minimum Gasteiger partial charge on any atom is -0.398 e. The van der Waals surface area contributed by atoms with Crippen LogP contribution in [0, 0.1) is 0 Å². The number of rotatable bonds is 7. The minimum absolute atomic E-state index is 0.0577. The van der Waals surface area contributed by atoms with Crippen molar-refractivity contribution in [3.8, 4) is 33.4 Å². The summed E-state index contributed by atoms with van der Waals surface area (Å²) >= 11 is 0. The van der Waals surface area contributed by atoms with Gasteiger partial charge in [-0.15, -0.1) is 0 Å². The van der Waals surface area contributed by atoms with Crippen molar-refractivity contribution in [1.82, 2.24) is 0 Å². The van der Waals surface area contributed by atoms with Crippen LogP contribution < -0.4 is 5.73 Å². The number of nitrogens with two attached hydrogens (primary N) is 1. The van der Waals surface area contributed by atoms with E-state index < -0.39 is 0 Å². The van der Waals surface area contributed by atoms with Gasteiger partial charge in [-0.2, -0.15) is 0 Å². The Kier molecular flexibility index (Phi) is 8.09. The molecule has 53 heavy (non-hydrogen) atoms. The molecule has 1 aliphatic carbocycles. The summed E-state index contributed by atoms with van der Waals surface area (Å²) in [6.07, 6.45) is 2.02. The first-order valence-electron chi connectivity index (χ1n) is 18.4. The van der Waals surface area contributed by atoms with Crippen LogP contribution >= 0.6 is 0 Å². The van der Waals surface area contributed by atoms with Crippen LogP contribution in [0.15, 0.2) is 187 Å². The van der Waals surface area contributed by atoms with Gasteiger partial charge in [0.1, 0.15) is 0 Å². The second-order valence-corrected chi connectivity index (χ2v) is 14.5. The van der Waals surface area contributed by atoms with Crippen molar-refractivity contribution in [3.63, 3.8) is 0 Å². The van der Waals surface area contributed by atoms with Crippen LogP contribution in [0.1, 0.15) is 41.7 Å². The Balaban J connectivity index is 1.05.